The minimum atomic E-state index is -0.739. The molecule has 0 saturated carbocycles. The van der Waals surface area contributed by atoms with E-state index in [0.29, 0.717) is 6.54 Å². The number of aromatic nitrogens is 2. The quantitative estimate of drug-likeness (QED) is 0.494. The van der Waals surface area contributed by atoms with Crippen LogP contribution in [0.4, 0.5) is 0 Å². The van der Waals surface area contributed by atoms with Gasteiger partial charge >= 0.3 is 5.97 Å². The second kappa shape index (κ2) is 10.0. The second-order valence-corrected chi connectivity index (χ2v) is 6.88. The van der Waals surface area contributed by atoms with Crippen LogP contribution in [0.5, 0.6) is 0 Å². The molecule has 1 unspecified atom stereocenters. The molecule has 1 aromatic heterocycles. The van der Waals surface area contributed by atoms with Crippen LogP contribution in [0, 0.1) is 5.92 Å². The maximum atomic E-state index is 11.2. The average Bonchev–Trinajstić information content (AvgIpc) is 2.97. The van der Waals surface area contributed by atoms with E-state index in [0.717, 1.165) is 19.4 Å². The Bertz CT molecular complexity index is 649. The predicted octanol–water partition coefficient (Wildman–Crippen LogP) is 4.06. The first-order valence-electron chi connectivity index (χ1n) is 9.46. The summed E-state index contributed by atoms with van der Waals surface area (Å²) in [5, 5.41) is 9.23. The molecule has 1 N–H and O–H groups in total. The lowest BCUT2D eigenvalue weighted by molar-refractivity contribution is -0.695. The van der Waals surface area contributed by atoms with E-state index in [1.165, 1.54) is 37.1 Å². The number of nitrogens with zero attached hydrogens (tertiary/aromatic N) is 2. The van der Waals surface area contributed by atoms with Crippen molar-refractivity contribution in [1.82, 2.24) is 4.57 Å². The van der Waals surface area contributed by atoms with Gasteiger partial charge in [0.2, 0.25) is 0 Å². The molecule has 0 aliphatic heterocycles. The summed E-state index contributed by atoms with van der Waals surface area (Å²) < 4.78 is 4.39. The van der Waals surface area contributed by atoms with Crippen molar-refractivity contribution in [3.63, 3.8) is 0 Å². The van der Waals surface area contributed by atoms with Crippen molar-refractivity contribution in [1.29, 1.82) is 0 Å². The Balaban J connectivity index is 2.10. The Morgan fingerprint density at radius 2 is 1.88 bits per heavy atom. The molecule has 2 aromatic rings. The Morgan fingerprint density at radius 1 is 1.16 bits per heavy atom. The fourth-order valence-electron chi connectivity index (χ4n) is 3.14. The third-order valence-corrected chi connectivity index (χ3v) is 4.68. The summed E-state index contributed by atoms with van der Waals surface area (Å²) in [6.45, 7) is 5.36. The zero-order valence-electron chi connectivity index (χ0n) is 15.5. The maximum Gasteiger partial charge on any atom is 0.310 e. The van der Waals surface area contributed by atoms with Gasteiger partial charge in [-0.1, -0.05) is 62.9 Å². The molecule has 4 nitrogen and oxygen atoms in total. The highest BCUT2D eigenvalue weighted by Crippen LogP contribution is 2.10. The second-order valence-electron chi connectivity index (χ2n) is 6.88. The summed E-state index contributed by atoms with van der Waals surface area (Å²) in [7, 11) is 0. The molecule has 136 valence electrons. The topological polar surface area (TPSA) is 46.1 Å². The standard InChI is InChI=1S/C21H30N2O2/c1-3-4-5-6-10-13-20-22(16-18(2)21(24)25)14-15-23(20)17-19-11-8-7-9-12-19/h7-9,11-12,14-15,18H,3-6,10,13,16-17H2,1-2H3/p+1. The molecular formula is C21H31N2O2+. The van der Waals surface area contributed by atoms with Crippen molar-refractivity contribution in [3.8, 4) is 0 Å². The van der Waals surface area contributed by atoms with Crippen LogP contribution in [-0.4, -0.2) is 15.6 Å². The van der Waals surface area contributed by atoms with E-state index < -0.39 is 5.97 Å². The van der Waals surface area contributed by atoms with Crippen LogP contribution in [0.15, 0.2) is 42.7 Å². The van der Waals surface area contributed by atoms with Crippen LogP contribution in [0.2, 0.25) is 0 Å². The maximum absolute atomic E-state index is 11.2. The van der Waals surface area contributed by atoms with Crippen molar-refractivity contribution < 1.29 is 14.5 Å². The highest BCUT2D eigenvalue weighted by atomic mass is 16.4. The number of carboxylic acid groups (broad SMARTS) is 1. The number of imidazole rings is 1. The number of benzene rings is 1. The van der Waals surface area contributed by atoms with E-state index in [1.807, 2.05) is 12.3 Å². The van der Waals surface area contributed by atoms with Gasteiger partial charge in [-0.25, -0.2) is 9.13 Å². The summed E-state index contributed by atoms with van der Waals surface area (Å²) in [6.07, 6.45) is 11.3. The van der Waals surface area contributed by atoms with E-state index in [-0.39, 0.29) is 5.92 Å². The Morgan fingerprint density at radius 3 is 2.56 bits per heavy atom. The number of hydrogen-bond donors (Lipinski definition) is 1. The van der Waals surface area contributed by atoms with Gasteiger partial charge < -0.3 is 5.11 Å². The molecule has 4 heteroatoms. The summed E-state index contributed by atoms with van der Waals surface area (Å²) >= 11 is 0. The number of hydrogen-bond acceptors (Lipinski definition) is 1. The lowest BCUT2D eigenvalue weighted by Crippen LogP contribution is -2.38. The van der Waals surface area contributed by atoms with Gasteiger partial charge in [0.1, 0.15) is 25.5 Å². The first kappa shape index (κ1) is 19.2. The van der Waals surface area contributed by atoms with Gasteiger partial charge in [0, 0.05) is 6.42 Å². The average molecular weight is 343 g/mol. The molecule has 1 aromatic carbocycles. The van der Waals surface area contributed by atoms with E-state index >= 15 is 0 Å². The molecule has 2 rings (SSSR count). The molecule has 0 radical (unpaired) electrons. The molecule has 25 heavy (non-hydrogen) atoms. The minimum absolute atomic E-state index is 0.378. The van der Waals surface area contributed by atoms with Gasteiger partial charge in [-0.2, -0.15) is 0 Å². The van der Waals surface area contributed by atoms with E-state index in [2.05, 4.69) is 46.5 Å². The number of carbonyl (C=O) groups is 1. The summed E-state index contributed by atoms with van der Waals surface area (Å²) in [5.41, 5.74) is 1.27. The van der Waals surface area contributed by atoms with E-state index in [1.54, 1.807) is 6.92 Å². The van der Waals surface area contributed by atoms with Crippen molar-refractivity contribution in [3.05, 3.63) is 54.1 Å². The molecular weight excluding hydrogens is 312 g/mol. The van der Waals surface area contributed by atoms with Gasteiger partial charge in [0.05, 0.1) is 5.92 Å². The number of rotatable bonds is 11. The minimum Gasteiger partial charge on any atom is -0.481 e. The predicted molar refractivity (Wildman–Crippen MR) is 99.4 cm³/mol. The van der Waals surface area contributed by atoms with Gasteiger partial charge in [-0.05, 0) is 18.9 Å². The molecule has 0 bridgehead atoms. The molecule has 0 spiro atoms. The molecule has 0 fully saturated rings. The fraction of sp³-hybridized carbons (Fsp3) is 0.524. The molecule has 0 aliphatic carbocycles. The molecule has 0 aliphatic rings. The Labute approximate surface area is 151 Å². The largest absolute Gasteiger partial charge is 0.481 e. The number of aliphatic carboxylic acids is 1. The van der Waals surface area contributed by atoms with Crippen LogP contribution in [0.25, 0.3) is 0 Å². The number of unbranched alkanes of at least 4 members (excludes halogenated alkanes) is 4. The normalized spacial score (nSPS) is 12.2. The fourth-order valence-corrected chi connectivity index (χ4v) is 3.14. The monoisotopic (exact) mass is 343 g/mol. The molecule has 1 heterocycles. The lowest BCUT2D eigenvalue weighted by atomic mass is 10.1. The Hall–Kier alpha value is -2.10. The first-order valence-corrected chi connectivity index (χ1v) is 9.46. The highest BCUT2D eigenvalue weighted by molar-refractivity contribution is 5.69. The molecule has 0 amide bonds. The third-order valence-electron chi connectivity index (χ3n) is 4.68. The van der Waals surface area contributed by atoms with Gasteiger partial charge in [-0.15, -0.1) is 0 Å². The van der Waals surface area contributed by atoms with Crippen LogP contribution < -0.4 is 4.57 Å². The van der Waals surface area contributed by atoms with Gasteiger partial charge in [0.15, 0.2) is 0 Å². The number of carboxylic acids is 1. The smallest absolute Gasteiger partial charge is 0.310 e. The Kier molecular flexibility index (Phi) is 7.71. The highest BCUT2D eigenvalue weighted by Gasteiger charge is 2.21. The van der Waals surface area contributed by atoms with Gasteiger partial charge in [-0.3, -0.25) is 4.79 Å². The van der Waals surface area contributed by atoms with Crippen LogP contribution in [-0.2, 0) is 24.3 Å². The van der Waals surface area contributed by atoms with Crippen LogP contribution in [0.1, 0.15) is 57.3 Å². The van der Waals surface area contributed by atoms with E-state index in [9.17, 15) is 9.90 Å². The summed E-state index contributed by atoms with van der Waals surface area (Å²) in [5.74, 6) is 0.113. The van der Waals surface area contributed by atoms with Crippen molar-refractivity contribution in [2.24, 2.45) is 5.92 Å². The van der Waals surface area contributed by atoms with Crippen molar-refractivity contribution in [2.45, 2.75) is 65.5 Å². The zero-order chi connectivity index (χ0) is 18.1. The van der Waals surface area contributed by atoms with Crippen LogP contribution >= 0.6 is 0 Å². The molecule has 1 atom stereocenters. The molecule has 0 saturated heterocycles. The van der Waals surface area contributed by atoms with Crippen molar-refractivity contribution >= 4 is 5.97 Å². The van der Waals surface area contributed by atoms with E-state index in [4.69, 9.17) is 0 Å². The first-order chi connectivity index (χ1) is 12.1. The third kappa shape index (κ3) is 6.04. The van der Waals surface area contributed by atoms with Gasteiger partial charge in [0.25, 0.3) is 5.82 Å². The summed E-state index contributed by atoms with van der Waals surface area (Å²) in [4.78, 5) is 11.2. The summed E-state index contributed by atoms with van der Waals surface area (Å²) in [6, 6.07) is 10.4. The zero-order valence-corrected chi connectivity index (χ0v) is 15.5. The van der Waals surface area contributed by atoms with Crippen LogP contribution in [0.3, 0.4) is 0 Å². The SMILES string of the molecule is CCCCCCCc1n(CC(C)C(=O)O)cc[n+]1Cc1ccccc1. The van der Waals surface area contributed by atoms with Crippen molar-refractivity contribution in [2.75, 3.05) is 0 Å². The lowest BCUT2D eigenvalue weighted by Gasteiger charge is -2.08.